The fourth-order valence-electron chi connectivity index (χ4n) is 2.29. The molecule has 0 aliphatic rings. The number of aliphatic hydroxyl groups is 1. The Labute approximate surface area is 135 Å². The lowest BCUT2D eigenvalue weighted by Gasteiger charge is -2.14. The highest BCUT2D eigenvalue weighted by atomic mass is 19.1. The molecule has 0 saturated carbocycles. The van der Waals surface area contributed by atoms with Crippen LogP contribution in [0, 0.1) is 11.6 Å². The zero-order chi connectivity index (χ0) is 17.1. The van der Waals surface area contributed by atoms with Gasteiger partial charge in [0.15, 0.2) is 11.6 Å². The summed E-state index contributed by atoms with van der Waals surface area (Å²) in [7, 11) is 0. The van der Waals surface area contributed by atoms with Gasteiger partial charge in [-0.25, -0.2) is 13.8 Å². The Kier molecular flexibility index (Phi) is 4.52. The molecule has 3 aromatic rings. The van der Waals surface area contributed by atoms with Crippen molar-refractivity contribution in [2.45, 2.75) is 12.6 Å². The van der Waals surface area contributed by atoms with Gasteiger partial charge in [0.1, 0.15) is 18.5 Å². The van der Waals surface area contributed by atoms with E-state index >= 15 is 0 Å². The van der Waals surface area contributed by atoms with Crippen molar-refractivity contribution in [1.82, 2.24) is 9.55 Å². The van der Waals surface area contributed by atoms with E-state index in [0.29, 0.717) is 0 Å². The topological polar surface area (TPSA) is 64.4 Å². The number of rotatable bonds is 5. The molecule has 0 bridgehead atoms. The lowest BCUT2D eigenvalue weighted by atomic mass is 10.2. The number of ether oxygens (including phenoxy) is 1. The third-order valence-electron chi connectivity index (χ3n) is 3.46. The van der Waals surface area contributed by atoms with Gasteiger partial charge < -0.3 is 9.84 Å². The maximum atomic E-state index is 13.4. The van der Waals surface area contributed by atoms with Crippen LogP contribution in [-0.4, -0.2) is 27.4 Å². The monoisotopic (exact) mass is 332 g/mol. The Balaban J connectivity index is 1.72. The molecule has 0 unspecified atom stereocenters. The van der Waals surface area contributed by atoms with Crippen LogP contribution in [0.15, 0.2) is 53.6 Å². The zero-order valence-electron chi connectivity index (χ0n) is 12.5. The highest BCUT2D eigenvalue weighted by Crippen LogP contribution is 2.15. The minimum atomic E-state index is -1.04. The van der Waals surface area contributed by atoms with Crippen LogP contribution in [0.4, 0.5) is 8.78 Å². The number of para-hydroxylation sites is 1. The van der Waals surface area contributed by atoms with E-state index in [0.717, 1.165) is 0 Å². The average molecular weight is 332 g/mol. The minimum absolute atomic E-state index is 0.0241. The van der Waals surface area contributed by atoms with Gasteiger partial charge in [-0.1, -0.05) is 12.1 Å². The van der Waals surface area contributed by atoms with Crippen molar-refractivity contribution in [2.75, 3.05) is 6.61 Å². The number of hydrogen-bond donors (Lipinski definition) is 1. The summed E-state index contributed by atoms with van der Waals surface area (Å²) in [5.41, 5.74) is -0.154. The van der Waals surface area contributed by atoms with Crippen molar-refractivity contribution in [2.24, 2.45) is 0 Å². The van der Waals surface area contributed by atoms with Crippen LogP contribution in [0.2, 0.25) is 0 Å². The van der Waals surface area contributed by atoms with Crippen LogP contribution in [-0.2, 0) is 6.54 Å². The first-order chi connectivity index (χ1) is 11.5. The van der Waals surface area contributed by atoms with Gasteiger partial charge >= 0.3 is 0 Å². The normalized spacial score (nSPS) is 12.3. The van der Waals surface area contributed by atoms with E-state index in [1.807, 2.05) is 0 Å². The van der Waals surface area contributed by atoms with Crippen LogP contribution < -0.4 is 10.3 Å². The van der Waals surface area contributed by atoms with Gasteiger partial charge in [0.05, 0.1) is 23.8 Å². The maximum absolute atomic E-state index is 13.4. The fraction of sp³-hybridized carbons (Fsp3) is 0.176. The lowest BCUT2D eigenvalue weighted by Crippen LogP contribution is -2.30. The zero-order valence-corrected chi connectivity index (χ0v) is 12.5. The largest absolute Gasteiger partial charge is 0.488 e. The summed E-state index contributed by atoms with van der Waals surface area (Å²) in [6, 6.07) is 9.52. The third kappa shape index (κ3) is 3.41. The van der Waals surface area contributed by atoms with E-state index in [-0.39, 0.29) is 29.8 Å². The van der Waals surface area contributed by atoms with Gasteiger partial charge in [-0.2, -0.15) is 0 Å². The quantitative estimate of drug-likeness (QED) is 0.777. The number of hydrogen-bond acceptors (Lipinski definition) is 4. The molecule has 1 atom stereocenters. The summed E-state index contributed by atoms with van der Waals surface area (Å²) < 4.78 is 33.0. The molecule has 3 rings (SSSR count). The summed E-state index contributed by atoms with van der Waals surface area (Å²) in [6.45, 7) is -0.261. The van der Waals surface area contributed by atoms with Gasteiger partial charge in [-0.3, -0.25) is 9.36 Å². The molecule has 2 aromatic carbocycles. The Bertz CT molecular complexity index is 927. The van der Waals surface area contributed by atoms with E-state index in [1.54, 1.807) is 6.07 Å². The predicted molar refractivity (Wildman–Crippen MR) is 83.9 cm³/mol. The Morgan fingerprint density at radius 2 is 2.00 bits per heavy atom. The molecule has 24 heavy (non-hydrogen) atoms. The standard InChI is InChI=1S/C17H14F2N2O3/c18-11-5-6-13-15(7-11)20-10-21(17(13)23)8-12(22)9-24-16-4-2-1-3-14(16)19/h1-7,10,12,22H,8-9H2/t12-/m0/s1. The van der Waals surface area contributed by atoms with Crippen molar-refractivity contribution in [3.63, 3.8) is 0 Å². The average Bonchev–Trinajstić information content (AvgIpc) is 2.56. The molecule has 0 saturated heterocycles. The van der Waals surface area contributed by atoms with Crippen molar-refractivity contribution in [3.8, 4) is 5.75 Å². The lowest BCUT2D eigenvalue weighted by molar-refractivity contribution is 0.0895. The molecule has 1 N–H and O–H groups in total. The first-order valence-corrected chi connectivity index (χ1v) is 7.24. The second kappa shape index (κ2) is 6.76. The summed E-state index contributed by atoms with van der Waals surface area (Å²) in [4.78, 5) is 16.3. The van der Waals surface area contributed by atoms with E-state index < -0.39 is 23.3 Å². The first-order valence-electron chi connectivity index (χ1n) is 7.24. The van der Waals surface area contributed by atoms with Gasteiger partial charge in [0, 0.05) is 6.07 Å². The molecule has 5 nitrogen and oxygen atoms in total. The molecule has 7 heteroatoms. The van der Waals surface area contributed by atoms with Crippen LogP contribution in [0.5, 0.6) is 5.75 Å². The summed E-state index contributed by atoms with van der Waals surface area (Å²) in [5.74, 6) is -0.988. The number of nitrogens with zero attached hydrogens (tertiary/aromatic N) is 2. The molecule has 0 fully saturated rings. The fourth-order valence-corrected chi connectivity index (χ4v) is 2.29. The smallest absolute Gasteiger partial charge is 0.261 e. The van der Waals surface area contributed by atoms with Gasteiger partial charge in [-0.05, 0) is 24.3 Å². The number of halogens is 2. The molecule has 0 aliphatic heterocycles. The molecule has 124 valence electrons. The number of benzene rings is 2. The Morgan fingerprint density at radius 1 is 1.21 bits per heavy atom. The Morgan fingerprint density at radius 3 is 2.79 bits per heavy atom. The molecular weight excluding hydrogens is 318 g/mol. The number of fused-ring (bicyclic) bond motifs is 1. The predicted octanol–water partition coefficient (Wildman–Crippen LogP) is 2.11. The SMILES string of the molecule is O=c1c2ccc(F)cc2ncn1C[C@H](O)COc1ccccc1F. The van der Waals surface area contributed by atoms with E-state index in [4.69, 9.17) is 4.74 Å². The molecule has 0 amide bonds. The second-order valence-electron chi connectivity index (χ2n) is 5.26. The molecule has 0 aliphatic carbocycles. The Hall–Kier alpha value is -2.80. The molecule has 0 spiro atoms. The van der Waals surface area contributed by atoms with Crippen LogP contribution >= 0.6 is 0 Å². The van der Waals surface area contributed by atoms with Crippen molar-refractivity contribution >= 4 is 10.9 Å². The van der Waals surface area contributed by atoms with Crippen molar-refractivity contribution in [1.29, 1.82) is 0 Å². The molecule has 0 radical (unpaired) electrons. The highest BCUT2D eigenvalue weighted by Gasteiger charge is 2.11. The number of aromatic nitrogens is 2. The minimum Gasteiger partial charge on any atom is -0.488 e. The molecular formula is C17H14F2N2O3. The van der Waals surface area contributed by atoms with Crippen LogP contribution in [0.25, 0.3) is 10.9 Å². The van der Waals surface area contributed by atoms with Gasteiger partial charge in [-0.15, -0.1) is 0 Å². The maximum Gasteiger partial charge on any atom is 0.261 e. The first kappa shape index (κ1) is 16.1. The van der Waals surface area contributed by atoms with Crippen LogP contribution in [0.1, 0.15) is 0 Å². The molecule has 1 aromatic heterocycles. The summed E-state index contributed by atoms with van der Waals surface area (Å²) in [5, 5.41) is 10.3. The summed E-state index contributed by atoms with van der Waals surface area (Å²) in [6.07, 6.45) is 0.193. The van der Waals surface area contributed by atoms with E-state index in [2.05, 4.69) is 4.98 Å². The highest BCUT2D eigenvalue weighted by molar-refractivity contribution is 5.77. The second-order valence-corrected chi connectivity index (χ2v) is 5.26. The van der Waals surface area contributed by atoms with Crippen LogP contribution in [0.3, 0.4) is 0 Å². The molecule has 1 heterocycles. The van der Waals surface area contributed by atoms with Crippen molar-refractivity contribution in [3.05, 3.63) is 70.8 Å². The van der Waals surface area contributed by atoms with Gasteiger partial charge in [0.25, 0.3) is 5.56 Å². The van der Waals surface area contributed by atoms with Crippen molar-refractivity contribution < 1.29 is 18.6 Å². The third-order valence-corrected chi connectivity index (χ3v) is 3.46. The number of aliphatic hydroxyl groups excluding tert-OH is 1. The van der Waals surface area contributed by atoms with E-state index in [9.17, 15) is 18.7 Å². The van der Waals surface area contributed by atoms with E-state index in [1.165, 1.54) is 47.3 Å². The summed E-state index contributed by atoms with van der Waals surface area (Å²) >= 11 is 0. The van der Waals surface area contributed by atoms with Gasteiger partial charge in [0.2, 0.25) is 0 Å².